The lowest BCUT2D eigenvalue weighted by Crippen LogP contribution is -2.07. The molecule has 1 aromatic rings. The highest BCUT2D eigenvalue weighted by molar-refractivity contribution is 5.33. The number of rotatable bonds is 5. The first-order valence-electron chi connectivity index (χ1n) is 5.62. The van der Waals surface area contributed by atoms with E-state index in [1.165, 1.54) is 12.8 Å². The van der Waals surface area contributed by atoms with E-state index < -0.39 is 0 Å². The van der Waals surface area contributed by atoms with Crippen molar-refractivity contribution in [1.82, 2.24) is 14.8 Å². The largest absolute Gasteiger partial charge is 0.368 e. The third kappa shape index (κ3) is 2.84. The van der Waals surface area contributed by atoms with E-state index >= 15 is 0 Å². The van der Waals surface area contributed by atoms with E-state index in [9.17, 15) is 0 Å². The first-order valence-corrected chi connectivity index (χ1v) is 5.62. The van der Waals surface area contributed by atoms with Gasteiger partial charge in [0.25, 0.3) is 0 Å². The van der Waals surface area contributed by atoms with Crippen molar-refractivity contribution >= 4 is 11.9 Å². The minimum Gasteiger partial charge on any atom is -0.368 e. The van der Waals surface area contributed by atoms with Crippen LogP contribution in [0.25, 0.3) is 0 Å². The molecule has 0 unspecified atom stereocenters. The van der Waals surface area contributed by atoms with Gasteiger partial charge in [-0.25, -0.2) is 4.68 Å². The van der Waals surface area contributed by atoms with Crippen LogP contribution in [0.15, 0.2) is 0 Å². The minimum absolute atomic E-state index is 0.513. The number of nitrogens with one attached hydrogen (secondary N) is 1. The van der Waals surface area contributed by atoms with Gasteiger partial charge >= 0.3 is 0 Å². The number of nitrogens with zero attached hydrogens (tertiary/aromatic N) is 3. The molecule has 0 aliphatic heterocycles. The lowest BCUT2D eigenvalue weighted by molar-refractivity contribution is 0.491. The fourth-order valence-corrected chi connectivity index (χ4v) is 1.37. The van der Waals surface area contributed by atoms with Gasteiger partial charge in [0.2, 0.25) is 11.9 Å². The Morgan fingerprint density at radius 1 is 1.53 bits per heavy atom. The zero-order chi connectivity index (χ0) is 10.8. The SMILES string of the molecule is CC(C)CCn1nc(NC2CC2)nc1N. The van der Waals surface area contributed by atoms with Crippen molar-refractivity contribution in [1.29, 1.82) is 0 Å². The third-order valence-electron chi connectivity index (χ3n) is 2.53. The highest BCUT2D eigenvalue weighted by Crippen LogP contribution is 2.23. The molecular weight excluding hydrogens is 190 g/mol. The van der Waals surface area contributed by atoms with E-state index in [1.54, 1.807) is 4.68 Å². The van der Waals surface area contributed by atoms with Gasteiger partial charge in [-0.2, -0.15) is 4.98 Å². The zero-order valence-electron chi connectivity index (χ0n) is 9.40. The van der Waals surface area contributed by atoms with Crippen LogP contribution in [0.3, 0.4) is 0 Å². The molecule has 1 aromatic heterocycles. The van der Waals surface area contributed by atoms with E-state index in [2.05, 4.69) is 29.2 Å². The van der Waals surface area contributed by atoms with Crippen LogP contribution in [-0.2, 0) is 6.54 Å². The Morgan fingerprint density at radius 3 is 2.87 bits per heavy atom. The molecule has 0 spiro atoms. The molecule has 0 aromatic carbocycles. The Bertz CT molecular complexity index is 327. The Morgan fingerprint density at radius 2 is 2.27 bits per heavy atom. The number of nitrogens with two attached hydrogens (primary N) is 1. The van der Waals surface area contributed by atoms with Crippen LogP contribution >= 0.6 is 0 Å². The monoisotopic (exact) mass is 209 g/mol. The first-order chi connectivity index (χ1) is 7.15. The maximum absolute atomic E-state index is 5.77. The van der Waals surface area contributed by atoms with Crippen molar-refractivity contribution in [2.24, 2.45) is 5.92 Å². The average Bonchev–Trinajstić information content (AvgIpc) is 2.88. The molecule has 1 fully saturated rings. The molecule has 1 saturated carbocycles. The van der Waals surface area contributed by atoms with Gasteiger partial charge in [-0.1, -0.05) is 13.8 Å². The highest BCUT2D eigenvalue weighted by atomic mass is 15.4. The molecule has 0 saturated heterocycles. The summed E-state index contributed by atoms with van der Waals surface area (Å²) in [6, 6.07) is 0.574. The van der Waals surface area contributed by atoms with E-state index in [0.717, 1.165) is 13.0 Å². The summed E-state index contributed by atoms with van der Waals surface area (Å²) in [6.07, 6.45) is 3.53. The molecule has 84 valence electrons. The smallest absolute Gasteiger partial charge is 0.244 e. The van der Waals surface area contributed by atoms with E-state index in [4.69, 9.17) is 5.73 Å². The molecule has 2 rings (SSSR count). The summed E-state index contributed by atoms with van der Waals surface area (Å²) in [5, 5.41) is 7.57. The molecule has 3 N–H and O–H groups in total. The van der Waals surface area contributed by atoms with E-state index in [1.807, 2.05) is 0 Å². The second kappa shape index (κ2) is 4.08. The predicted molar refractivity (Wildman–Crippen MR) is 60.5 cm³/mol. The molecular formula is C10H19N5. The number of aromatic nitrogens is 3. The number of aryl methyl sites for hydroxylation is 1. The minimum atomic E-state index is 0.513. The van der Waals surface area contributed by atoms with E-state index in [0.29, 0.717) is 23.9 Å². The quantitative estimate of drug-likeness (QED) is 0.770. The summed E-state index contributed by atoms with van der Waals surface area (Å²) in [6.45, 7) is 5.23. The van der Waals surface area contributed by atoms with Crippen LogP contribution in [0.2, 0.25) is 0 Å². The molecule has 5 nitrogen and oxygen atoms in total. The Labute approximate surface area is 90.1 Å². The molecule has 15 heavy (non-hydrogen) atoms. The van der Waals surface area contributed by atoms with E-state index in [-0.39, 0.29) is 0 Å². The highest BCUT2D eigenvalue weighted by Gasteiger charge is 2.22. The summed E-state index contributed by atoms with van der Waals surface area (Å²) >= 11 is 0. The Hall–Kier alpha value is -1.26. The first kappa shape index (κ1) is 10.3. The second-order valence-electron chi connectivity index (χ2n) is 4.62. The number of anilines is 2. The zero-order valence-corrected chi connectivity index (χ0v) is 9.40. The standard InChI is InChI=1S/C10H19N5/c1-7(2)5-6-15-9(11)13-10(14-15)12-8-3-4-8/h7-8H,3-6H2,1-2H3,(H3,11,12,13,14). The lowest BCUT2D eigenvalue weighted by atomic mass is 10.1. The van der Waals surface area contributed by atoms with Crippen LogP contribution in [0.4, 0.5) is 11.9 Å². The fourth-order valence-electron chi connectivity index (χ4n) is 1.37. The number of hydrogen-bond acceptors (Lipinski definition) is 4. The van der Waals surface area contributed by atoms with Gasteiger partial charge in [0.05, 0.1) is 0 Å². The van der Waals surface area contributed by atoms with Crippen molar-refractivity contribution in [2.75, 3.05) is 11.1 Å². The van der Waals surface area contributed by atoms with Crippen LogP contribution in [0.1, 0.15) is 33.1 Å². The third-order valence-corrected chi connectivity index (χ3v) is 2.53. The van der Waals surface area contributed by atoms with Gasteiger partial charge in [-0.15, -0.1) is 5.10 Å². The number of nitrogen functional groups attached to an aromatic ring is 1. The van der Waals surface area contributed by atoms with Crippen molar-refractivity contribution in [3.05, 3.63) is 0 Å². The molecule has 0 atom stereocenters. The van der Waals surface area contributed by atoms with Crippen molar-refractivity contribution < 1.29 is 0 Å². The topological polar surface area (TPSA) is 68.8 Å². The van der Waals surface area contributed by atoms with Gasteiger partial charge < -0.3 is 11.1 Å². The summed E-state index contributed by atoms with van der Waals surface area (Å²) in [5.41, 5.74) is 5.77. The maximum Gasteiger partial charge on any atom is 0.244 e. The van der Waals surface area contributed by atoms with Crippen molar-refractivity contribution in [3.63, 3.8) is 0 Å². The van der Waals surface area contributed by atoms with Crippen LogP contribution in [0.5, 0.6) is 0 Å². The van der Waals surface area contributed by atoms with Crippen molar-refractivity contribution in [2.45, 2.75) is 45.7 Å². The summed E-state index contributed by atoms with van der Waals surface area (Å²) < 4.78 is 1.78. The van der Waals surface area contributed by atoms with Gasteiger partial charge in [0.15, 0.2) is 0 Å². The molecule has 0 amide bonds. The van der Waals surface area contributed by atoms with Gasteiger partial charge in [-0.05, 0) is 25.2 Å². The summed E-state index contributed by atoms with van der Waals surface area (Å²) in [7, 11) is 0. The average molecular weight is 209 g/mol. The summed E-state index contributed by atoms with van der Waals surface area (Å²) in [5.74, 6) is 1.85. The predicted octanol–water partition coefficient (Wildman–Crippen LogP) is 1.48. The fraction of sp³-hybridized carbons (Fsp3) is 0.800. The lowest BCUT2D eigenvalue weighted by Gasteiger charge is -2.04. The molecule has 0 bridgehead atoms. The van der Waals surface area contributed by atoms with Crippen LogP contribution in [-0.4, -0.2) is 20.8 Å². The van der Waals surface area contributed by atoms with Gasteiger partial charge in [-0.3, -0.25) is 0 Å². The molecule has 0 radical (unpaired) electrons. The number of hydrogen-bond donors (Lipinski definition) is 2. The second-order valence-corrected chi connectivity index (χ2v) is 4.62. The molecule has 1 aliphatic carbocycles. The summed E-state index contributed by atoms with van der Waals surface area (Å²) in [4.78, 5) is 4.19. The molecule has 5 heteroatoms. The van der Waals surface area contributed by atoms with Gasteiger partial charge in [0.1, 0.15) is 0 Å². The molecule has 1 aliphatic rings. The Kier molecular flexibility index (Phi) is 2.79. The van der Waals surface area contributed by atoms with Crippen molar-refractivity contribution in [3.8, 4) is 0 Å². The van der Waals surface area contributed by atoms with Crippen LogP contribution < -0.4 is 11.1 Å². The maximum atomic E-state index is 5.77. The normalized spacial score (nSPS) is 15.9. The van der Waals surface area contributed by atoms with Gasteiger partial charge in [0, 0.05) is 12.6 Å². The molecule has 1 heterocycles. The Balaban J connectivity index is 1.94. The van der Waals surface area contributed by atoms with Crippen LogP contribution in [0, 0.1) is 5.92 Å².